The van der Waals surface area contributed by atoms with Gasteiger partial charge in [0.1, 0.15) is 0 Å². The average molecular weight is 186 g/mol. The molecule has 1 fully saturated rings. The number of rotatable bonds is 6. The van der Waals surface area contributed by atoms with Gasteiger partial charge in [-0.1, -0.05) is 26.2 Å². The Morgan fingerprint density at radius 2 is 2.08 bits per heavy atom. The topological polar surface area (TPSA) is 29.5 Å². The van der Waals surface area contributed by atoms with Crippen molar-refractivity contribution < 1.29 is 9.84 Å². The molecule has 0 spiro atoms. The number of aliphatic hydroxyl groups excluding tert-OH is 1. The summed E-state index contributed by atoms with van der Waals surface area (Å²) in [5, 5.41) is 9.40. The molecular weight excluding hydrogens is 164 g/mol. The van der Waals surface area contributed by atoms with Gasteiger partial charge in [-0.2, -0.15) is 0 Å². The number of hydrogen-bond donors (Lipinski definition) is 1. The van der Waals surface area contributed by atoms with E-state index in [4.69, 9.17) is 4.74 Å². The first-order chi connectivity index (χ1) is 6.33. The van der Waals surface area contributed by atoms with Crippen LogP contribution in [0.3, 0.4) is 0 Å². The fourth-order valence-electron chi connectivity index (χ4n) is 1.96. The lowest BCUT2D eigenvalue weighted by Crippen LogP contribution is -2.17. The predicted octanol–water partition coefficient (Wildman–Crippen LogP) is 2.35. The Kier molecular flexibility index (Phi) is 5.40. The van der Waals surface area contributed by atoms with Crippen LogP contribution >= 0.6 is 0 Å². The Balaban J connectivity index is 1.93. The molecule has 1 aliphatic carbocycles. The van der Waals surface area contributed by atoms with Crippen LogP contribution in [0.4, 0.5) is 0 Å². The lowest BCUT2D eigenvalue weighted by atomic mass is 10.1. The first kappa shape index (κ1) is 11.0. The zero-order valence-electron chi connectivity index (χ0n) is 8.67. The van der Waals surface area contributed by atoms with E-state index in [1.54, 1.807) is 0 Å². The van der Waals surface area contributed by atoms with E-state index in [0.29, 0.717) is 6.61 Å². The van der Waals surface area contributed by atoms with Gasteiger partial charge in [0.15, 0.2) is 0 Å². The molecule has 0 aromatic rings. The van der Waals surface area contributed by atoms with Crippen LogP contribution in [0.2, 0.25) is 0 Å². The van der Waals surface area contributed by atoms with E-state index in [0.717, 1.165) is 25.4 Å². The Morgan fingerprint density at radius 3 is 2.69 bits per heavy atom. The number of ether oxygens (including phenoxy) is 1. The molecule has 13 heavy (non-hydrogen) atoms. The van der Waals surface area contributed by atoms with E-state index >= 15 is 0 Å². The van der Waals surface area contributed by atoms with Crippen LogP contribution in [0.5, 0.6) is 0 Å². The maximum atomic E-state index is 9.40. The monoisotopic (exact) mass is 186 g/mol. The SMILES string of the molecule is CCCC(O)COCC1CCCC1. The summed E-state index contributed by atoms with van der Waals surface area (Å²) in [6.07, 6.45) is 7.04. The molecule has 0 heterocycles. The van der Waals surface area contributed by atoms with Gasteiger partial charge in [0, 0.05) is 6.61 Å². The third kappa shape index (κ3) is 4.63. The third-order valence-electron chi connectivity index (χ3n) is 2.76. The molecule has 78 valence electrons. The van der Waals surface area contributed by atoms with E-state index in [2.05, 4.69) is 6.92 Å². The van der Waals surface area contributed by atoms with Crippen molar-refractivity contribution >= 4 is 0 Å². The molecular formula is C11H22O2. The minimum Gasteiger partial charge on any atom is -0.391 e. The predicted molar refractivity (Wildman–Crippen MR) is 53.7 cm³/mol. The van der Waals surface area contributed by atoms with Crippen molar-refractivity contribution in [1.82, 2.24) is 0 Å². The van der Waals surface area contributed by atoms with Crippen LogP contribution < -0.4 is 0 Å². The van der Waals surface area contributed by atoms with Gasteiger partial charge < -0.3 is 9.84 Å². The fraction of sp³-hybridized carbons (Fsp3) is 1.00. The summed E-state index contributed by atoms with van der Waals surface area (Å²) in [6, 6.07) is 0. The summed E-state index contributed by atoms with van der Waals surface area (Å²) in [6.45, 7) is 3.48. The second kappa shape index (κ2) is 6.39. The first-order valence-corrected chi connectivity index (χ1v) is 5.58. The van der Waals surface area contributed by atoms with Crippen LogP contribution in [-0.4, -0.2) is 24.4 Å². The van der Waals surface area contributed by atoms with E-state index in [-0.39, 0.29) is 6.10 Å². The molecule has 2 heteroatoms. The summed E-state index contributed by atoms with van der Waals surface area (Å²) < 4.78 is 5.48. The summed E-state index contributed by atoms with van der Waals surface area (Å²) in [7, 11) is 0. The molecule has 1 saturated carbocycles. The van der Waals surface area contributed by atoms with Gasteiger partial charge in [-0.15, -0.1) is 0 Å². The summed E-state index contributed by atoms with van der Waals surface area (Å²) in [4.78, 5) is 0. The van der Waals surface area contributed by atoms with Gasteiger partial charge in [-0.25, -0.2) is 0 Å². The zero-order chi connectivity index (χ0) is 9.52. The smallest absolute Gasteiger partial charge is 0.0773 e. The summed E-state index contributed by atoms with van der Waals surface area (Å²) in [5.74, 6) is 0.772. The molecule has 0 amide bonds. The van der Waals surface area contributed by atoms with Crippen molar-refractivity contribution in [3.05, 3.63) is 0 Å². The van der Waals surface area contributed by atoms with Gasteiger partial charge in [-0.05, 0) is 25.2 Å². The molecule has 1 rings (SSSR count). The van der Waals surface area contributed by atoms with Crippen molar-refractivity contribution in [3.8, 4) is 0 Å². The third-order valence-corrected chi connectivity index (χ3v) is 2.76. The molecule has 0 aromatic heterocycles. The summed E-state index contributed by atoms with van der Waals surface area (Å²) >= 11 is 0. The van der Waals surface area contributed by atoms with Crippen molar-refractivity contribution in [1.29, 1.82) is 0 Å². The zero-order valence-corrected chi connectivity index (χ0v) is 8.67. The minimum atomic E-state index is -0.244. The molecule has 1 unspecified atom stereocenters. The Bertz CT molecular complexity index is 119. The maximum Gasteiger partial charge on any atom is 0.0773 e. The van der Waals surface area contributed by atoms with Gasteiger partial charge >= 0.3 is 0 Å². The molecule has 0 aliphatic heterocycles. The van der Waals surface area contributed by atoms with E-state index < -0.39 is 0 Å². The highest BCUT2D eigenvalue weighted by molar-refractivity contribution is 4.66. The molecule has 0 bridgehead atoms. The summed E-state index contributed by atoms with van der Waals surface area (Å²) in [5.41, 5.74) is 0. The standard InChI is InChI=1S/C11H22O2/c1-2-5-11(12)9-13-8-10-6-3-4-7-10/h10-12H,2-9H2,1H3. The Hall–Kier alpha value is -0.0800. The highest BCUT2D eigenvalue weighted by Crippen LogP contribution is 2.24. The van der Waals surface area contributed by atoms with E-state index in [1.807, 2.05) is 0 Å². The lowest BCUT2D eigenvalue weighted by Gasteiger charge is -2.13. The fourth-order valence-corrected chi connectivity index (χ4v) is 1.96. The van der Waals surface area contributed by atoms with Gasteiger partial charge in [0.2, 0.25) is 0 Å². The Labute approximate surface area is 81.3 Å². The van der Waals surface area contributed by atoms with Crippen LogP contribution in [-0.2, 0) is 4.74 Å². The average Bonchev–Trinajstić information content (AvgIpc) is 2.57. The van der Waals surface area contributed by atoms with Crippen molar-refractivity contribution in [2.24, 2.45) is 5.92 Å². The van der Waals surface area contributed by atoms with Crippen LogP contribution in [0.25, 0.3) is 0 Å². The molecule has 0 saturated heterocycles. The highest BCUT2D eigenvalue weighted by Gasteiger charge is 2.15. The van der Waals surface area contributed by atoms with Crippen molar-refractivity contribution in [2.45, 2.75) is 51.6 Å². The highest BCUT2D eigenvalue weighted by atomic mass is 16.5. The molecule has 0 aromatic carbocycles. The number of aliphatic hydroxyl groups is 1. The minimum absolute atomic E-state index is 0.244. The van der Waals surface area contributed by atoms with Crippen LogP contribution in [0, 0.1) is 5.92 Å². The van der Waals surface area contributed by atoms with Crippen LogP contribution in [0.15, 0.2) is 0 Å². The Morgan fingerprint density at radius 1 is 1.38 bits per heavy atom. The molecule has 2 nitrogen and oxygen atoms in total. The van der Waals surface area contributed by atoms with Gasteiger partial charge in [0.05, 0.1) is 12.7 Å². The second-order valence-electron chi connectivity index (χ2n) is 4.13. The quantitative estimate of drug-likeness (QED) is 0.690. The van der Waals surface area contributed by atoms with Crippen molar-refractivity contribution in [3.63, 3.8) is 0 Å². The van der Waals surface area contributed by atoms with E-state index in [1.165, 1.54) is 25.7 Å². The van der Waals surface area contributed by atoms with E-state index in [9.17, 15) is 5.11 Å². The first-order valence-electron chi connectivity index (χ1n) is 5.58. The second-order valence-corrected chi connectivity index (χ2v) is 4.13. The van der Waals surface area contributed by atoms with Crippen molar-refractivity contribution in [2.75, 3.05) is 13.2 Å². The normalized spacial score (nSPS) is 20.8. The van der Waals surface area contributed by atoms with Crippen LogP contribution in [0.1, 0.15) is 45.4 Å². The molecule has 1 aliphatic rings. The lowest BCUT2D eigenvalue weighted by molar-refractivity contribution is 0.0182. The van der Waals surface area contributed by atoms with Gasteiger partial charge in [-0.3, -0.25) is 0 Å². The number of hydrogen-bond acceptors (Lipinski definition) is 2. The molecule has 1 N–H and O–H groups in total. The molecule has 1 atom stereocenters. The molecule has 0 radical (unpaired) electrons. The largest absolute Gasteiger partial charge is 0.391 e. The van der Waals surface area contributed by atoms with Gasteiger partial charge in [0.25, 0.3) is 0 Å². The maximum absolute atomic E-state index is 9.40.